The van der Waals surface area contributed by atoms with Gasteiger partial charge in [0, 0.05) is 62.3 Å². The molecule has 0 spiro atoms. The second-order valence-corrected chi connectivity index (χ2v) is 9.26. The van der Waals surface area contributed by atoms with Crippen molar-refractivity contribution in [1.29, 1.82) is 0 Å². The van der Waals surface area contributed by atoms with Gasteiger partial charge in [0.25, 0.3) is 17.0 Å². The van der Waals surface area contributed by atoms with Crippen molar-refractivity contribution in [3.63, 3.8) is 0 Å². The number of piperazine rings is 1. The molecule has 9 nitrogen and oxygen atoms in total. The summed E-state index contributed by atoms with van der Waals surface area (Å²) in [4.78, 5) is 40.6. The third kappa shape index (κ3) is 6.46. The Morgan fingerprint density at radius 1 is 1.00 bits per heavy atom. The molecule has 1 aliphatic heterocycles. The molecule has 0 radical (unpaired) electrons. The minimum atomic E-state index is -4.92. The molecule has 0 bridgehead atoms. The van der Waals surface area contributed by atoms with E-state index < -0.39 is 52.2 Å². The van der Waals surface area contributed by atoms with Gasteiger partial charge in [0.2, 0.25) is 0 Å². The van der Waals surface area contributed by atoms with Crippen molar-refractivity contribution >= 4 is 17.3 Å². The molecule has 2 aromatic heterocycles. The van der Waals surface area contributed by atoms with Gasteiger partial charge in [0.1, 0.15) is 5.56 Å². The first kappa shape index (κ1) is 28.7. The lowest BCUT2D eigenvalue weighted by Crippen LogP contribution is -2.49. The Labute approximate surface area is 223 Å². The number of aromatic nitrogens is 3. The first-order chi connectivity index (χ1) is 18.7. The molecule has 1 atom stereocenters. The number of hydrogen-bond donors (Lipinski definition) is 2. The molecule has 3 aromatic rings. The fourth-order valence-corrected chi connectivity index (χ4v) is 4.40. The van der Waals surface area contributed by atoms with Crippen LogP contribution in [0.2, 0.25) is 0 Å². The van der Waals surface area contributed by atoms with E-state index in [4.69, 9.17) is 0 Å². The molecule has 1 amide bonds. The summed E-state index contributed by atoms with van der Waals surface area (Å²) in [6.45, 7) is 2.79. The number of pyridine rings is 1. The summed E-state index contributed by atoms with van der Waals surface area (Å²) in [6.07, 6.45) is -7.15. The summed E-state index contributed by atoms with van der Waals surface area (Å²) in [7, 11) is 0. The SMILES string of the molecule is C[C@@H](Cn1ccc(C(=O)N2CCN(c3ccc(C(F)(F)F)cc3)CC2)cc1=O)Nc1cn[nH]c(=O)c1C(F)(F)F. The number of benzene rings is 1. The van der Waals surface area contributed by atoms with Crippen LogP contribution in [0, 0.1) is 0 Å². The first-order valence-corrected chi connectivity index (χ1v) is 12.1. The van der Waals surface area contributed by atoms with Gasteiger partial charge in [-0.3, -0.25) is 14.4 Å². The molecular weight excluding hydrogens is 546 g/mol. The molecule has 1 saturated heterocycles. The van der Waals surface area contributed by atoms with Gasteiger partial charge in [-0.15, -0.1) is 0 Å². The van der Waals surface area contributed by atoms with Crippen molar-refractivity contribution < 1.29 is 31.1 Å². The average molecular weight is 570 g/mol. The highest BCUT2D eigenvalue weighted by atomic mass is 19.4. The van der Waals surface area contributed by atoms with Crippen molar-refractivity contribution in [3.05, 3.63) is 86.2 Å². The van der Waals surface area contributed by atoms with Crippen LogP contribution in [-0.4, -0.2) is 57.8 Å². The lowest BCUT2D eigenvalue weighted by atomic mass is 10.1. The smallest absolute Gasteiger partial charge is 0.379 e. The van der Waals surface area contributed by atoms with Crippen LogP contribution in [0.1, 0.15) is 28.4 Å². The monoisotopic (exact) mass is 570 g/mol. The molecule has 1 aromatic carbocycles. The molecule has 2 N–H and O–H groups in total. The summed E-state index contributed by atoms with van der Waals surface area (Å²) in [5.41, 5.74) is -3.93. The first-order valence-electron chi connectivity index (χ1n) is 12.1. The van der Waals surface area contributed by atoms with Gasteiger partial charge in [0.15, 0.2) is 0 Å². The second kappa shape index (κ2) is 11.1. The Morgan fingerprint density at radius 2 is 1.65 bits per heavy atom. The maximum absolute atomic E-state index is 13.3. The fraction of sp³-hybridized carbons (Fsp3) is 0.360. The number of halogens is 6. The number of alkyl halides is 6. The number of rotatable bonds is 6. The van der Waals surface area contributed by atoms with Crippen LogP contribution in [-0.2, 0) is 18.9 Å². The molecular formula is C25H24F6N6O3. The van der Waals surface area contributed by atoms with Crippen LogP contribution in [0.4, 0.5) is 37.7 Å². The van der Waals surface area contributed by atoms with E-state index in [1.54, 1.807) is 5.10 Å². The largest absolute Gasteiger partial charge is 0.423 e. The lowest BCUT2D eigenvalue weighted by molar-refractivity contribution is -0.138. The predicted molar refractivity (Wildman–Crippen MR) is 133 cm³/mol. The van der Waals surface area contributed by atoms with Gasteiger partial charge < -0.3 is 19.7 Å². The molecule has 1 aliphatic rings. The summed E-state index contributed by atoms with van der Waals surface area (Å²) >= 11 is 0. The average Bonchev–Trinajstić information content (AvgIpc) is 2.88. The second-order valence-electron chi connectivity index (χ2n) is 9.26. The highest BCUT2D eigenvalue weighted by Crippen LogP contribution is 2.32. The number of nitrogens with zero attached hydrogens (tertiary/aromatic N) is 4. The summed E-state index contributed by atoms with van der Waals surface area (Å²) in [6, 6.07) is 6.61. The molecule has 0 unspecified atom stereocenters. The van der Waals surface area contributed by atoms with Crippen LogP contribution in [0.25, 0.3) is 0 Å². The standard InChI is InChI=1S/C25H24F6N6O3/c1-15(33-19-13-32-34-22(39)21(19)25(29,30)31)14-37-7-6-16(12-20(37)38)23(40)36-10-8-35(9-11-36)18-4-2-17(3-5-18)24(26,27)28/h2-7,12-13,15H,8-11,14H2,1H3,(H2,33,34,39)/t15-/m0/s1. The van der Waals surface area contributed by atoms with E-state index in [2.05, 4.69) is 10.4 Å². The van der Waals surface area contributed by atoms with Gasteiger partial charge >= 0.3 is 12.4 Å². The number of anilines is 2. The van der Waals surface area contributed by atoms with Crippen molar-refractivity contribution in [1.82, 2.24) is 19.7 Å². The van der Waals surface area contributed by atoms with Gasteiger partial charge in [-0.2, -0.15) is 31.4 Å². The zero-order chi connectivity index (χ0) is 29.2. The number of carbonyl (C=O) groups excluding carboxylic acids is 1. The van der Waals surface area contributed by atoms with Gasteiger partial charge in [-0.05, 0) is 37.3 Å². The Morgan fingerprint density at radius 3 is 2.23 bits per heavy atom. The molecule has 40 heavy (non-hydrogen) atoms. The van der Waals surface area contributed by atoms with Crippen LogP contribution in [0.5, 0.6) is 0 Å². The van der Waals surface area contributed by atoms with E-state index in [0.717, 1.165) is 24.4 Å². The van der Waals surface area contributed by atoms with Crippen molar-refractivity contribution in [2.24, 2.45) is 0 Å². The lowest BCUT2D eigenvalue weighted by Gasteiger charge is -2.36. The van der Waals surface area contributed by atoms with E-state index in [-0.39, 0.29) is 25.2 Å². The number of H-pyrrole nitrogens is 1. The highest BCUT2D eigenvalue weighted by Gasteiger charge is 2.37. The van der Waals surface area contributed by atoms with E-state index in [9.17, 15) is 40.7 Å². The predicted octanol–water partition coefficient (Wildman–Crippen LogP) is 3.43. The number of hydrogen-bond acceptors (Lipinski definition) is 6. The van der Waals surface area contributed by atoms with Gasteiger partial charge in [0.05, 0.1) is 17.4 Å². The van der Waals surface area contributed by atoms with Gasteiger partial charge in [-0.1, -0.05) is 0 Å². The van der Waals surface area contributed by atoms with E-state index in [1.165, 1.54) is 40.8 Å². The Hall–Kier alpha value is -4.30. The molecule has 0 aliphatic carbocycles. The maximum Gasteiger partial charge on any atom is 0.423 e. The molecule has 0 saturated carbocycles. The molecule has 15 heteroatoms. The third-order valence-corrected chi connectivity index (χ3v) is 6.38. The molecule has 4 rings (SSSR count). The topological polar surface area (TPSA) is 103 Å². The van der Waals surface area contributed by atoms with Crippen LogP contribution in [0.3, 0.4) is 0 Å². The van der Waals surface area contributed by atoms with Crippen molar-refractivity contribution in [2.75, 3.05) is 36.4 Å². The summed E-state index contributed by atoms with van der Waals surface area (Å²) in [5.74, 6) is -0.396. The molecule has 1 fully saturated rings. The van der Waals surface area contributed by atoms with Crippen molar-refractivity contribution in [3.8, 4) is 0 Å². The van der Waals surface area contributed by atoms with Crippen LogP contribution in [0.15, 0.2) is 58.4 Å². The maximum atomic E-state index is 13.3. The number of aromatic amines is 1. The van der Waals surface area contributed by atoms with Crippen molar-refractivity contribution in [2.45, 2.75) is 31.9 Å². The summed E-state index contributed by atoms with van der Waals surface area (Å²) < 4.78 is 79.4. The summed E-state index contributed by atoms with van der Waals surface area (Å²) in [5, 5.41) is 7.69. The Kier molecular flexibility index (Phi) is 7.93. The Bertz CT molecular complexity index is 1470. The third-order valence-electron chi connectivity index (χ3n) is 6.38. The number of amides is 1. The quantitative estimate of drug-likeness (QED) is 0.441. The van der Waals surface area contributed by atoms with E-state index in [0.29, 0.717) is 18.8 Å². The number of nitrogens with one attached hydrogen (secondary N) is 2. The minimum Gasteiger partial charge on any atom is -0.379 e. The Balaban J connectivity index is 1.37. The minimum absolute atomic E-state index is 0.0663. The van der Waals surface area contributed by atoms with Crippen LogP contribution >= 0.6 is 0 Å². The zero-order valence-electron chi connectivity index (χ0n) is 21.0. The normalized spacial score (nSPS) is 15.2. The molecule has 214 valence electrons. The van der Waals surface area contributed by atoms with E-state index >= 15 is 0 Å². The highest BCUT2D eigenvalue weighted by molar-refractivity contribution is 5.94. The zero-order valence-corrected chi connectivity index (χ0v) is 21.0. The van der Waals surface area contributed by atoms with Crippen LogP contribution < -0.4 is 21.3 Å². The number of carbonyl (C=O) groups is 1. The molecule has 3 heterocycles. The van der Waals surface area contributed by atoms with Gasteiger partial charge in [-0.25, -0.2) is 5.10 Å². The van der Waals surface area contributed by atoms with E-state index in [1.807, 2.05) is 4.90 Å². The fourth-order valence-electron chi connectivity index (χ4n) is 4.40.